The van der Waals surface area contributed by atoms with Crippen molar-refractivity contribution in [3.63, 3.8) is 0 Å². The summed E-state index contributed by atoms with van der Waals surface area (Å²) < 4.78 is 1.89. The smallest absolute Gasteiger partial charge is 0.246 e. The number of hydrogen-bond donors (Lipinski definition) is 2. The van der Waals surface area contributed by atoms with Crippen molar-refractivity contribution < 1.29 is 9.59 Å². The standard InChI is InChI=1S/C19H21N5O2S/c25-16(12-15-13-24-10-11-27-19(24)20-15)21-22-17(14-6-2-1-3-7-14)18(26)23-8-4-5-9-23/h1-3,6-7,10-11,13,17,22H,4-5,8-9,12H2,(H,21,25). The number of hydrazine groups is 1. The number of thiazole rings is 1. The average Bonchev–Trinajstić information content (AvgIpc) is 3.40. The fourth-order valence-electron chi connectivity index (χ4n) is 3.28. The van der Waals surface area contributed by atoms with Crippen LogP contribution in [0, 0.1) is 0 Å². The Kier molecular flexibility index (Phi) is 5.17. The molecule has 1 aromatic carbocycles. The van der Waals surface area contributed by atoms with Crippen molar-refractivity contribution in [3.05, 3.63) is 59.4 Å². The number of aromatic nitrogens is 2. The van der Waals surface area contributed by atoms with Crippen LogP contribution in [0.15, 0.2) is 48.1 Å². The molecule has 4 rings (SSSR count). The lowest BCUT2D eigenvalue weighted by Gasteiger charge is -2.24. The van der Waals surface area contributed by atoms with Gasteiger partial charge in [-0.3, -0.25) is 19.4 Å². The summed E-state index contributed by atoms with van der Waals surface area (Å²) in [6.07, 6.45) is 5.96. The first kappa shape index (κ1) is 17.7. The van der Waals surface area contributed by atoms with Gasteiger partial charge in [0.1, 0.15) is 6.04 Å². The molecule has 0 bridgehead atoms. The number of benzene rings is 1. The lowest BCUT2D eigenvalue weighted by molar-refractivity contribution is -0.133. The zero-order valence-corrected chi connectivity index (χ0v) is 15.6. The van der Waals surface area contributed by atoms with Gasteiger partial charge in [0.05, 0.1) is 12.1 Å². The summed E-state index contributed by atoms with van der Waals surface area (Å²) in [5, 5.41) is 1.95. The Balaban J connectivity index is 1.42. The maximum absolute atomic E-state index is 12.9. The number of fused-ring (bicyclic) bond motifs is 1. The summed E-state index contributed by atoms with van der Waals surface area (Å²) >= 11 is 1.52. The molecule has 0 saturated carbocycles. The Bertz CT molecular complexity index is 901. The molecule has 27 heavy (non-hydrogen) atoms. The van der Waals surface area contributed by atoms with E-state index in [4.69, 9.17) is 0 Å². The molecule has 2 N–H and O–H groups in total. The molecule has 0 spiro atoms. The van der Waals surface area contributed by atoms with Crippen LogP contribution in [-0.2, 0) is 16.0 Å². The van der Waals surface area contributed by atoms with Gasteiger partial charge in [0.15, 0.2) is 4.96 Å². The number of hydrogen-bond acceptors (Lipinski definition) is 5. The van der Waals surface area contributed by atoms with Gasteiger partial charge in [0.2, 0.25) is 11.8 Å². The zero-order valence-electron chi connectivity index (χ0n) is 14.8. The maximum atomic E-state index is 12.9. The Hall–Kier alpha value is -2.71. The minimum atomic E-state index is -0.598. The van der Waals surface area contributed by atoms with E-state index in [1.165, 1.54) is 11.3 Å². The highest BCUT2D eigenvalue weighted by atomic mass is 32.1. The summed E-state index contributed by atoms with van der Waals surface area (Å²) in [6.45, 7) is 1.53. The number of amides is 2. The number of rotatable bonds is 6. The van der Waals surface area contributed by atoms with Crippen molar-refractivity contribution in [2.24, 2.45) is 0 Å². The van der Waals surface area contributed by atoms with E-state index in [1.807, 2.05) is 57.4 Å². The third-order valence-corrected chi connectivity index (χ3v) is 5.41. The summed E-state index contributed by atoms with van der Waals surface area (Å²) in [5.41, 5.74) is 7.15. The molecule has 140 valence electrons. The second-order valence-corrected chi connectivity index (χ2v) is 7.44. The van der Waals surface area contributed by atoms with E-state index in [1.54, 1.807) is 0 Å². The predicted molar refractivity (Wildman–Crippen MR) is 103 cm³/mol. The first-order valence-electron chi connectivity index (χ1n) is 9.00. The van der Waals surface area contributed by atoms with Gasteiger partial charge >= 0.3 is 0 Å². The highest BCUT2D eigenvalue weighted by Gasteiger charge is 2.28. The molecule has 3 heterocycles. The second-order valence-electron chi connectivity index (χ2n) is 6.57. The van der Waals surface area contributed by atoms with Crippen LogP contribution in [0.2, 0.25) is 0 Å². The number of likely N-dealkylation sites (tertiary alicyclic amines) is 1. The van der Waals surface area contributed by atoms with Crippen LogP contribution in [-0.4, -0.2) is 39.2 Å². The first-order chi connectivity index (χ1) is 13.2. The number of carbonyl (C=O) groups is 2. The first-order valence-corrected chi connectivity index (χ1v) is 9.88. The largest absolute Gasteiger partial charge is 0.341 e. The van der Waals surface area contributed by atoms with E-state index < -0.39 is 6.04 Å². The molecule has 0 aliphatic carbocycles. The van der Waals surface area contributed by atoms with E-state index in [-0.39, 0.29) is 18.2 Å². The molecule has 1 aliphatic heterocycles. The highest BCUT2D eigenvalue weighted by molar-refractivity contribution is 7.15. The Morgan fingerprint density at radius 2 is 1.96 bits per heavy atom. The van der Waals surface area contributed by atoms with E-state index in [0.29, 0.717) is 5.69 Å². The third-order valence-electron chi connectivity index (χ3n) is 4.64. The predicted octanol–water partition coefficient (Wildman–Crippen LogP) is 1.92. The summed E-state index contributed by atoms with van der Waals surface area (Å²) in [7, 11) is 0. The van der Waals surface area contributed by atoms with Crippen molar-refractivity contribution in [2.75, 3.05) is 13.1 Å². The van der Waals surface area contributed by atoms with Gasteiger partial charge in [-0.1, -0.05) is 30.3 Å². The lowest BCUT2D eigenvalue weighted by Crippen LogP contribution is -2.47. The number of nitrogens with one attached hydrogen (secondary N) is 2. The van der Waals surface area contributed by atoms with Crippen LogP contribution in [0.5, 0.6) is 0 Å². The topological polar surface area (TPSA) is 78.7 Å². The van der Waals surface area contributed by atoms with E-state index in [0.717, 1.165) is 36.5 Å². The van der Waals surface area contributed by atoms with Crippen LogP contribution < -0.4 is 10.9 Å². The molecule has 1 unspecified atom stereocenters. The van der Waals surface area contributed by atoms with Crippen molar-refractivity contribution in [1.82, 2.24) is 25.1 Å². The van der Waals surface area contributed by atoms with E-state index in [2.05, 4.69) is 15.8 Å². The van der Waals surface area contributed by atoms with Crippen LogP contribution in [0.3, 0.4) is 0 Å². The quantitative estimate of drug-likeness (QED) is 0.638. The van der Waals surface area contributed by atoms with Gasteiger partial charge in [0, 0.05) is 30.9 Å². The number of carbonyl (C=O) groups excluding carboxylic acids is 2. The van der Waals surface area contributed by atoms with Crippen molar-refractivity contribution >= 4 is 28.1 Å². The summed E-state index contributed by atoms with van der Waals surface area (Å²) in [4.78, 5) is 32.4. The molecule has 7 nitrogen and oxygen atoms in total. The SMILES string of the molecule is O=C(Cc1cn2ccsc2n1)NNC(C(=O)N1CCCC1)c1ccccc1. The number of imidazole rings is 1. The molecule has 0 radical (unpaired) electrons. The minimum Gasteiger partial charge on any atom is -0.341 e. The molecule has 1 fully saturated rings. The highest BCUT2D eigenvalue weighted by Crippen LogP contribution is 2.18. The molecule has 8 heteroatoms. The van der Waals surface area contributed by atoms with Gasteiger partial charge < -0.3 is 4.90 Å². The van der Waals surface area contributed by atoms with Crippen molar-refractivity contribution in [2.45, 2.75) is 25.3 Å². The molecule has 1 atom stereocenters. The van der Waals surface area contributed by atoms with Crippen molar-refractivity contribution in [1.29, 1.82) is 0 Å². The molecule has 1 saturated heterocycles. The zero-order chi connectivity index (χ0) is 18.6. The second kappa shape index (κ2) is 7.89. The van der Waals surface area contributed by atoms with Crippen LogP contribution in [0.1, 0.15) is 30.1 Å². The monoisotopic (exact) mass is 383 g/mol. The Morgan fingerprint density at radius 1 is 1.19 bits per heavy atom. The Morgan fingerprint density at radius 3 is 2.70 bits per heavy atom. The van der Waals surface area contributed by atoms with Crippen LogP contribution >= 0.6 is 11.3 Å². The molecular weight excluding hydrogens is 362 g/mol. The van der Waals surface area contributed by atoms with Gasteiger partial charge in [0.25, 0.3) is 0 Å². The summed E-state index contributed by atoms with van der Waals surface area (Å²) in [5.74, 6) is -0.239. The molecule has 2 aromatic heterocycles. The average molecular weight is 383 g/mol. The lowest BCUT2D eigenvalue weighted by atomic mass is 10.1. The molecule has 1 aliphatic rings. The van der Waals surface area contributed by atoms with Gasteiger partial charge in [-0.15, -0.1) is 11.3 Å². The van der Waals surface area contributed by atoms with Gasteiger partial charge in [-0.05, 0) is 18.4 Å². The minimum absolute atomic E-state index is 0.0125. The fraction of sp³-hybridized carbons (Fsp3) is 0.316. The molecule has 2 amide bonds. The van der Waals surface area contributed by atoms with Crippen LogP contribution in [0.25, 0.3) is 4.96 Å². The third kappa shape index (κ3) is 4.01. The van der Waals surface area contributed by atoms with Crippen molar-refractivity contribution in [3.8, 4) is 0 Å². The van der Waals surface area contributed by atoms with E-state index in [9.17, 15) is 9.59 Å². The van der Waals surface area contributed by atoms with E-state index >= 15 is 0 Å². The fourth-order valence-corrected chi connectivity index (χ4v) is 3.99. The Labute approximate surface area is 161 Å². The normalized spacial score (nSPS) is 15.2. The molecular formula is C19H21N5O2S. The molecule has 3 aromatic rings. The maximum Gasteiger partial charge on any atom is 0.246 e. The van der Waals surface area contributed by atoms with Gasteiger partial charge in [-0.2, -0.15) is 0 Å². The number of nitrogens with zero attached hydrogens (tertiary/aromatic N) is 3. The van der Waals surface area contributed by atoms with Gasteiger partial charge in [-0.25, -0.2) is 10.4 Å². The van der Waals surface area contributed by atoms with Crippen LogP contribution in [0.4, 0.5) is 0 Å². The summed E-state index contributed by atoms with van der Waals surface area (Å²) in [6, 6.07) is 8.87.